The van der Waals surface area contributed by atoms with Gasteiger partial charge in [-0.25, -0.2) is 9.37 Å². The fourth-order valence-corrected chi connectivity index (χ4v) is 2.98. The molecule has 4 rings (SSSR count). The molecule has 0 saturated heterocycles. The van der Waals surface area contributed by atoms with Gasteiger partial charge in [0.25, 0.3) is 0 Å². The van der Waals surface area contributed by atoms with E-state index in [1.165, 1.54) is 6.07 Å². The lowest BCUT2D eigenvalue weighted by molar-refractivity contribution is 0.597. The second-order valence-electron chi connectivity index (χ2n) is 5.52. The zero-order valence-electron chi connectivity index (χ0n) is 11.4. The normalized spacial score (nSPS) is 14.8. The van der Waals surface area contributed by atoms with Crippen LogP contribution in [0.1, 0.15) is 30.1 Å². The Morgan fingerprint density at radius 1 is 1.14 bits per heavy atom. The number of para-hydroxylation sites is 2. The van der Waals surface area contributed by atoms with Crippen LogP contribution in [0.2, 0.25) is 5.02 Å². The first-order valence-electron chi connectivity index (χ1n) is 7.12. The van der Waals surface area contributed by atoms with E-state index in [9.17, 15) is 4.39 Å². The maximum Gasteiger partial charge on any atom is 0.129 e. The highest BCUT2D eigenvalue weighted by atomic mass is 35.5. The fourth-order valence-electron chi connectivity index (χ4n) is 2.76. The number of fused-ring (bicyclic) bond motifs is 1. The van der Waals surface area contributed by atoms with Gasteiger partial charge in [-0.1, -0.05) is 29.8 Å². The van der Waals surface area contributed by atoms with E-state index in [4.69, 9.17) is 16.6 Å². The molecule has 1 aliphatic rings. The van der Waals surface area contributed by atoms with E-state index >= 15 is 0 Å². The summed E-state index contributed by atoms with van der Waals surface area (Å²) in [5.74, 6) is 1.29. The van der Waals surface area contributed by atoms with Crippen LogP contribution in [0.15, 0.2) is 42.5 Å². The molecule has 1 fully saturated rings. The molecule has 0 radical (unpaired) electrons. The average molecular weight is 301 g/mol. The number of rotatable bonds is 3. The number of hydrogen-bond acceptors (Lipinski definition) is 1. The predicted octanol–water partition coefficient (Wildman–Crippen LogP) is 4.75. The lowest BCUT2D eigenvalue weighted by atomic mass is 10.2. The van der Waals surface area contributed by atoms with Crippen molar-refractivity contribution in [3.8, 4) is 0 Å². The van der Waals surface area contributed by atoms with Crippen molar-refractivity contribution in [1.29, 1.82) is 0 Å². The van der Waals surface area contributed by atoms with Crippen LogP contribution in [0, 0.1) is 5.82 Å². The molecule has 0 aliphatic heterocycles. The van der Waals surface area contributed by atoms with Crippen LogP contribution in [-0.2, 0) is 6.54 Å². The SMILES string of the molecule is Fc1cccc(Cl)c1Cn1c(C2CC2)nc2ccccc21. The number of benzene rings is 2. The molecule has 0 amide bonds. The van der Waals surface area contributed by atoms with Gasteiger partial charge in [0.05, 0.1) is 17.6 Å². The zero-order valence-corrected chi connectivity index (χ0v) is 12.1. The monoisotopic (exact) mass is 300 g/mol. The molecule has 2 aromatic carbocycles. The lowest BCUT2D eigenvalue weighted by Gasteiger charge is -2.11. The topological polar surface area (TPSA) is 17.8 Å². The second-order valence-corrected chi connectivity index (χ2v) is 5.93. The highest BCUT2D eigenvalue weighted by Crippen LogP contribution is 2.41. The Balaban J connectivity index is 1.87. The maximum atomic E-state index is 14.1. The summed E-state index contributed by atoms with van der Waals surface area (Å²) < 4.78 is 16.2. The molecule has 106 valence electrons. The summed E-state index contributed by atoms with van der Waals surface area (Å²) in [6.07, 6.45) is 2.32. The van der Waals surface area contributed by atoms with Gasteiger partial charge in [-0.15, -0.1) is 0 Å². The van der Waals surface area contributed by atoms with Gasteiger partial charge in [0.2, 0.25) is 0 Å². The van der Waals surface area contributed by atoms with Crippen LogP contribution in [0.3, 0.4) is 0 Å². The smallest absolute Gasteiger partial charge is 0.129 e. The molecule has 0 bridgehead atoms. The predicted molar refractivity (Wildman–Crippen MR) is 82.2 cm³/mol. The van der Waals surface area contributed by atoms with Gasteiger partial charge in [0.1, 0.15) is 11.6 Å². The largest absolute Gasteiger partial charge is 0.323 e. The Bertz CT molecular complexity index is 801. The molecular weight excluding hydrogens is 287 g/mol. The lowest BCUT2D eigenvalue weighted by Crippen LogP contribution is -2.06. The van der Waals surface area contributed by atoms with Crippen molar-refractivity contribution < 1.29 is 4.39 Å². The van der Waals surface area contributed by atoms with Crippen LogP contribution < -0.4 is 0 Å². The third-order valence-corrected chi connectivity index (χ3v) is 4.36. The number of imidazole rings is 1. The summed E-state index contributed by atoms with van der Waals surface area (Å²) in [4.78, 5) is 4.73. The van der Waals surface area contributed by atoms with E-state index in [2.05, 4.69) is 4.57 Å². The standard InChI is InChI=1S/C17H14ClFN2/c18-13-4-3-5-14(19)12(13)10-21-16-7-2-1-6-15(16)20-17(21)11-8-9-11/h1-7,11H,8-10H2. The van der Waals surface area contributed by atoms with Gasteiger partial charge in [-0.3, -0.25) is 0 Å². The number of aromatic nitrogens is 2. The summed E-state index contributed by atoms with van der Waals surface area (Å²) in [6.45, 7) is 0.428. The third-order valence-electron chi connectivity index (χ3n) is 4.00. The van der Waals surface area contributed by atoms with Gasteiger partial charge in [-0.05, 0) is 37.1 Å². The van der Waals surface area contributed by atoms with Gasteiger partial charge in [-0.2, -0.15) is 0 Å². The Morgan fingerprint density at radius 3 is 2.71 bits per heavy atom. The number of nitrogens with zero attached hydrogens (tertiary/aromatic N) is 2. The first-order chi connectivity index (χ1) is 10.2. The molecular formula is C17H14ClFN2. The van der Waals surface area contributed by atoms with Crippen LogP contribution in [0.5, 0.6) is 0 Å². The minimum Gasteiger partial charge on any atom is -0.323 e. The third kappa shape index (κ3) is 2.22. The zero-order chi connectivity index (χ0) is 14.4. The molecule has 1 heterocycles. The van der Waals surface area contributed by atoms with Crippen molar-refractivity contribution in [2.45, 2.75) is 25.3 Å². The minimum atomic E-state index is -0.262. The van der Waals surface area contributed by atoms with E-state index in [0.29, 0.717) is 23.0 Å². The first kappa shape index (κ1) is 12.8. The summed E-state index contributed by atoms with van der Waals surface area (Å²) in [5.41, 5.74) is 2.54. The van der Waals surface area contributed by atoms with Crippen molar-refractivity contribution in [2.75, 3.05) is 0 Å². The molecule has 2 nitrogen and oxygen atoms in total. The molecule has 1 saturated carbocycles. The molecule has 21 heavy (non-hydrogen) atoms. The van der Waals surface area contributed by atoms with Crippen LogP contribution in [0.25, 0.3) is 11.0 Å². The molecule has 0 spiro atoms. The molecule has 0 N–H and O–H groups in total. The van der Waals surface area contributed by atoms with E-state index in [1.807, 2.05) is 24.3 Å². The van der Waals surface area contributed by atoms with Gasteiger partial charge in [0, 0.05) is 16.5 Å². The molecule has 1 aliphatic carbocycles. The minimum absolute atomic E-state index is 0.262. The Labute approximate surface area is 127 Å². The first-order valence-corrected chi connectivity index (χ1v) is 7.50. The maximum absolute atomic E-state index is 14.1. The average Bonchev–Trinajstić information content (AvgIpc) is 3.26. The highest BCUT2D eigenvalue weighted by Gasteiger charge is 2.29. The highest BCUT2D eigenvalue weighted by molar-refractivity contribution is 6.31. The Hall–Kier alpha value is -1.87. The molecule has 3 aromatic rings. The van der Waals surface area contributed by atoms with Crippen LogP contribution in [-0.4, -0.2) is 9.55 Å². The van der Waals surface area contributed by atoms with E-state index in [1.54, 1.807) is 12.1 Å². The van der Waals surface area contributed by atoms with E-state index in [-0.39, 0.29) is 5.82 Å². The van der Waals surface area contributed by atoms with Gasteiger partial charge in [0.15, 0.2) is 0 Å². The summed E-state index contributed by atoms with van der Waals surface area (Å²) in [5, 5.41) is 0.467. The molecule has 0 unspecified atom stereocenters. The van der Waals surface area contributed by atoms with Crippen molar-refractivity contribution >= 4 is 22.6 Å². The van der Waals surface area contributed by atoms with E-state index < -0.39 is 0 Å². The Kier molecular flexibility index (Phi) is 2.96. The summed E-state index contributed by atoms with van der Waals surface area (Å²) in [7, 11) is 0. The molecule has 0 atom stereocenters. The summed E-state index contributed by atoms with van der Waals surface area (Å²) >= 11 is 6.17. The second kappa shape index (κ2) is 4.85. The number of halogens is 2. The van der Waals surface area contributed by atoms with Gasteiger partial charge >= 0.3 is 0 Å². The molecule has 1 aromatic heterocycles. The van der Waals surface area contributed by atoms with E-state index in [0.717, 1.165) is 29.7 Å². The molecule has 4 heteroatoms. The van der Waals surface area contributed by atoms with Crippen molar-refractivity contribution in [2.24, 2.45) is 0 Å². The van der Waals surface area contributed by atoms with Crippen molar-refractivity contribution in [3.05, 3.63) is 64.7 Å². The summed E-state index contributed by atoms with van der Waals surface area (Å²) in [6, 6.07) is 12.8. The van der Waals surface area contributed by atoms with Crippen molar-refractivity contribution in [3.63, 3.8) is 0 Å². The quantitative estimate of drug-likeness (QED) is 0.682. The fraction of sp³-hybridized carbons (Fsp3) is 0.235. The van der Waals surface area contributed by atoms with Crippen LogP contribution in [0.4, 0.5) is 4.39 Å². The Morgan fingerprint density at radius 2 is 1.95 bits per heavy atom. The van der Waals surface area contributed by atoms with Gasteiger partial charge < -0.3 is 4.57 Å². The van der Waals surface area contributed by atoms with Crippen LogP contribution >= 0.6 is 11.6 Å². The van der Waals surface area contributed by atoms with Crippen molar-refractivity contribution in [1.82, 2.24) is 9.55 Å². The number of hydrogen-bond donors (Lipinski definition) is 0.